The lowest BCUT2D eigenvalue weighted by atomic mass is 10.0. The van der Waals surface area contributed by atoms with Crippen LogP contribution in [0.2, 0.25) is 5.02 Å². The minimum Gasteiger partial charge on any atom is -0.491 e. The van der Waals surface area contributed by atoms with Crippen molar-refractivity contribution in [1.82, 2.24) is 25.3 Å². The van der Waals surface area contributed by atoms with Gasteiger partial charge < -0.3 is 20.3 Å². The Morgan fingerprint density at radius 1 is 1.19 bits per heavy atom. The molecule has 196 valence electrons. The second-order valence-electron chi connectivity index (χ2n) is 9.79. The highest BCUT2D eigenvalue weighted by Crippen LogP contribution is 2.24. The minimum atomic E-state index is -0.299. The van der Waals surface area contributed by atoms with Gasteiger partial charge in [0.2, 0.25) is 5.91 Å². The smallest absolute Gasteiger partial charge is 0.272 e. The van der Waals surface area contributed by atoms with Gasteiger partial charge in [-0.2, -0.15) is 5.10 Å². The van der Waals surface area contributed by atoms with E-state index in [1.165, 1.54) is 0 Å². The summed E-state index contributed by atoms with van der Waals surface area (Å²) >= 11 is 6.14. The lowest BCUT2D eigenvalue weighted by Crippen LogP contribution is -2.47. The Morgan fingerprint density at radius 3 is 2.69 bits per heavy atom. The summed E-state index contributed by atoms with van der Waals surface area (Å²) in [4.78, 5) is 40.9. The van der Waals surface area contributed by atoms with E-state index in [4.69, 9.17) is 16.3 Å². The molecule has 1 aliphatic rings. The average Bonchev–Trinajstić information content (AvgIpc) is 3.31. The molecular formula is C26H36ClN5O4. The summed E-state index contributed by atoms with van der Waals surface area (Å²) in [6.07, 6.45) is 3.52. The Bertz CT molecular complexity index is 1070. The lowest BCUT2D eigenvalue weighted by Gasteiger charge is -2.26. The van der Waals surface area contributed by atoms with E-state index in [2.05, 4.69) is 29.6 Å². The number of fused-ring (bicyclic) bond motifs is 1. The molecule has 1 aromatic carbocycles. The molecule has 2 heterocycles. The summed E-state index contributed by atoms with van der Waals surface area (Å²) in [6, 6.07) is 6.30. The summed E-state index contributed by atoms with van der Waals surface area (Å²) in [5, 5.41) is 10.6. The molecule has 0 fully saturated rings. The normalized spacial score (nSPS) is 18.1. The zero-order chi connectivity index (χ0) is 26.2. The van der Waals surface area contributed by atoms with Crippen LogP contribution < -0.4 is 15.4 Å². The molecule has 36 heavy (non-hydrogen) atoms. The summed E-state index contributed by atoms with van der Waals surface area (Å²) in [6.45, 7) is 8.92. The van der Waals surface area contributed by atoms with Crippen molar-refractivity contribution in [2.75, 3.05) is 26.2 Å². The second kappa shape index (κ2) is 12.8. The fraction of sp³-hybridized carbons (Fsp3) is 0.538. The SMILES string of the molecule is CC(C)C[C@H]1COc2ccc(Cl)cc2C(=O)NCCCCN(C(=O)c2ccnn2C(C)C)CC(=O)N1. The highest BCUT2D eigenvalue weighted by molar-refractivity contribution is 6.31. The molecule has 0 radical (unpaired) electrons. The number of amides is 3. The maximum Gasteiger partial charge on any atom is 0.272 e. The number of halogens is 1. The van der Waals surface area contributed by atoms with Gasteiger partial charge in [0, 0.05) is 30.4 Å². The van der Waals surface area contributed by atoms with Crippen LogP contribution in [0.5, 0.6) is 5.75 Å². The Labute approximate surface area is 217 Å². The van der Waals surface area contributed by atoms with Crippen molar-refractivity contribution in [2.45, 2.75) is 59.0 Å². The van der Waals surface area contributed by atoms with Crippen molar-refractivity contribution in [3.63, 3.8) is 0 Å². The number of nitrogens with one attached hydrogen (secondary N) is 2. The fourth-order valence-corrected chi connectivity index (χ4v) is 4.39. The van der Waals surface area contributed by atoms with Gasteiger partial charge in [0.15, 0.2) is 0 Å². The van der Waals surface area contributed by atoms with Gasteiger partial charge in [0.05, 0.1) is 18.2 Å². The predicted molar refractivity (Wildman–Crippen MR) is 138 cm³/mol. The van der Waals surface area contributed by atoms with Crippen LogP contribution in [0.25, 0.3) is 0 Å². The standard InChI is InChI=1S/C26H36ClN5O4/c1-17(2)13-20-16-36-23-8-7-19(27)14-21(23)25(34)28-10-5-6-12-31(15-24(33)30-20)26(35)22-9-11-29-32(22)18(3)4/h7-9,11,14,17-18,20H,5-6,10,12-13,15-16H2,1-4H3,(H,28,34)(H,30,33)/t20-/m0/s1. The maximum atomic E-state index is 13.4. The van der Waals surface area contributed by atoms with Crippen molar-refractivity contribution in [2.24, 2.45) is 5.92 Å². The van der Waals surface area contributed by atoms with Crippen LogP contribution in [0.4, 0.5) is 0 Å². The monoisotopic (exact) mass is 517 g/mol. The van der Waals surface area contributed by atoms with Gasteiger partial charge in [0.1, 0.15) is 18.1 Å². The molecule has 1 atom stereocenters. The van der Waals surface area contributed by atoms with Crippen molar-refractivity contribution in [1.29, 1.82) is 0 Å². The number of rotatable bonds is 4. The van der Waals surface area contributed by atoms with E-state index in [-0.39, 0.29) is 43.0 Å². The highest BCUT2D eigenvalue weighted by atomic mass is 35.5. The number of nitrogens with zero attached hydrogens (tertiary/aromatic N) is 3. The van der Waals surface area contributed by atoms with Crippen LogP contribution in [0.15, 0.2) is 30.5 Å². The minimum absolute atomic E-state index is 0.00848. The zero-order valence-corrected chi connectivity index (χ0v) is 22.2. The number of hydrogen-bond donors (Lipinski definition) is 2. The molecule has 0 saturated heterocycles. The molecule has 3 rings (SSSR count). The first kappa shape index (κ1) is 27.5. The number of carbonyl (C=O) groups excluding carboxylic acids is 3. The number of carbonyl (C=O) groups is 3. The van der Waals surface area contributed by atoms with E-state index >= 15 is 0 Å². The molecule has 1 aliphatic heterocycles. The van der Waals surface area contributed by atoms with E-state index in [0.717, 1.165) is 0 Å². The van der Waals surface area contributed by atoms with Gasteiger partial charge in [-0.05, 0) is 63.3 Å². The van der Waals surface area contributed by atoms with E-state index in [9.17, 15) is 14.4 Å². The van der Waals surface area contributed by atoms with Crippen LogP contribution in [-0.4, -0.2) is 64.7 Å². The van der Waals surface area contributed by atoms with Crippen molar-refractivity contribution < 1.29 is 19.1 Å². The van der Waals surface area contributed by atoms with Crippen molar-refractivity contribution >= 4 is 29.3 Å². The maximum absolute atomic E-state index is 13.4. The quantitative estimate of drug-likeness (QED) is 0.643. The van der Waals surface area contributed by atoms with Gasteiger partial charge >= 0.3 is 0 Å². The topological polar surface area (TPSA) is 106 Å². The molecule has 0 bridgehead atoms. The second-order valence-corrected chi connectivity index (χ2v) is 10.2. The zero-order valence-electron chi connectivity index (χ0n) is 21.4. The van der Waals surface area contributed by atoms with Crippen LogP contribution in [0, 0.1) is 5.92 Å². The van der Waals surface area contributed by atoms with Gasteiger partial charge in [-0.3, -0.25) is 19.1 Å². The largest absolute Gasteiger partial charge is 0.491 e. The van der Waals surface area contributed by atoms with Crippen LogP contribution in [-0.2, 0) is 4.79 Å². The van der Waals surface area contributed by atoms with Crippen LogP contribution >= 0.6 is 11.6 Å². The van der Waals surface area contributed by atoms with Gasteiger partial charge in [0.25, 0.3) is 11.8 Å². The van der Waals surface area contributed by atoms with E-state index in [0.29, 0.717) is 60.3 Å². The first-order chi connectivity index (χ1) is 17.2. The average molecular weight is 518 g/mol. The molecule has 10 heteroatoms. The van der Waals surface area contributed by atoms with Crippen molar-refractivity contribution in [3.05, 3.63) is 46.7 Å². The summed E-state index contributed by atoms with van der Waals surface area (Å²) in [5.41, 5.74) is 0.796. The summed E-state index contributed by atoms with van der Waals surface area (Å²) < 4.78 is 7.66. The Balaban J connectivity index is 1.84. The lowest BCUT2D eigenvalue weighted by molar-refractivity contribution is -0.122. The Kier molecular flexibility index (Phi) is 9.75. The fourth-order valence-electron chi connectivity index (χ4n) is 4.21. The Morgan fingerprint density at radius 2 is 1.97 bits per heavy atom. The van der Waals surface area contributed by atoms with Crippen molar-refractivity contribution in [3.8, 4) is 5.75 Å². The molecule has 0 unspecified atom stereocenters. The third-order valence-electron chi connectivity index (χ3n) is 5.89. The number of aromatic nitrogens is 2. The molecule has 0 aliphatic carbocycles. The van der Waals surface area contributed by atoms with E-state index < -0.39 is 0 Å². The molecule has 2 aromatic rings. The molecule has 9 nitrogen and oxygen atoms in total. The van der Waals surface area contributed by atoms with Gasteiger partial charge in [-0.25, -0.2) is 0 Å². The van der Waals surface area contributed by atoms with E-state index in [1.54, 1.807) is 40.0 Å². The van der Waals surface area contributed by atoms with Gasteiger partial charge in [-0.1, -0.05) is 25.4 Å². The van der Waals surface area contributed by atoms with Crippen LogP contribution in [0.3, 0.4) is 0 Å². The van der Waals surface area contributed by atoms with E-state index in [1.807, 2.05) is 13.8 Å². The Hall–Kier alpha value is -3.07. The summed E-state index contributed by atoms with van der Waals surface area (Å²) in [7, 11) is 0. The molecule has 2 N–H and O–H groups in total. The van der Waals surface area contributed by atoms with Crippen LogP contribution in [0.1, 0.15) is 73.8 Å². The van der Waals surface area contributed by atoms with Gasteiger partial charge in [-0.15, -0.1) is 0 Å². The molecule has 1 aromatic heterocycles. The molecule has 0 spiro atoms. The predicted octanol–water partition coefficient (Wildman–Crippen LogP) is 3.69. The highest BCUT2D eigenvalue weighted by Gasteiger charge is 2.25. The number of ether oxygens (including phenoxy) is 1. The number of benzene rings is 1. The molecule has 3 amide bonds. The molecule has 0 saturated carbocycles. The first-order valence-electron chi connectivity index (χ1n) is 12.5. The molecular weight excluding hydrogens is 482 g/mol. The number of hydrogen-bond acceptors (Lipinski definition) is 5. The first-order valence-corrected chi connectivity index (χ1v) is 12.9. The third kappa shape index (κ3) is 7.46. The third-order valence-corrected chi connectivity index (χ3v) is 6.12. The summed E-state index contributed by atoms with van der Waals surface area (Å²) in [5.74, 6) is -0.0711.